The molecule has 2 aromatic carbocycles. The van der Waals surface area contributed by atoms with Crippen molar-refractivity contribution in [2.45, 2.75) is 130 Å². The average Bonchev–Trinajstić information content (AvgIpc) is 3.76. The molecular weight excluding hydrogens is 803 g/mol. The quantitative estimate of drug-likeness (QED) is 0.100. The van der Waals surface area contributed by atoms with Gasteiger partial charge in [-0.1, -0.05) is 116 Å². The van der Waals surface area contributed by atoms with E-state index in [0.717, 1.165) is 6.08 Å². The third-order valence-corrected chi connectivity index (χ3v) is 12.6. The SMILES string of the molecule is CC[C@H](C)[C@@H]([C@@H](CC(=O)N1CCCC1[C@H](OC)[C@@H](C)C(=O)N[C@H](C)[C@@H](O)c1ccccc1)OC)N(C)C(=O)[C@@H](NC(=O)C(C(C)C)N(C)C(=O)/C=C/C(=O)c1ccccc1)C(C)C. The molecule has 63 heavy (non-hydrogen) atoms. The molecule has 1 fully saturated rings. The summed E-state index contributed by atoms with van der Waals surface area (Å²) in [7, 11) is 6.21. The number of hydrogen-bond acceptors (Lipinski definition) is 9. The summed E-state index contributed by atoms with van der Waals surface area (Å²) >= 11 is 0. The first kappa shape index (κ1) is 52.4. The van der Waals surface area contributed by atoms with Crippen LogP contribution < -0.4 is 10.6 Å². The van der Waals surface area contributed by atoms with Gasteiger partial charge in [0, 0.05) is 46.5 Å². The Morgan fingerprint density at radius 2 is 1.41 bits per heavy atom. The van der Waals surface area contributed by atoms with Crippen LogP contribution in [-0.2, 0) is 33.4 Å². The molecule has 348 valence electrons. The molecule has 10 atom stereocenters. The normalized spacial score (nSPS) is 18.5. The smallest absolute Gasteiger partial charge is 0.247 e. The summed E-state index contributed by atoms with van der Waals surface area (Å²) in [6.07, 6.45) is 2.06. The number of benzene rings is 2. The first-order valence-electron chi connectivity index (χ1n) is 22.3. The molecule has 1 aliphatic heterocycles. The molecular formula is C49H73N5O9. The Morgan fingerprint density at radius 3 is 1.95 bits per heavy atom. The molecule has 0 aromatic heterocycles. The molecule has 2 aromatic rings. The standard InChI is InChI=1S/C49H73N5O9/c1-13-32(6)44(53(10)49(61)42(30(2)3)51-48(60)43(31(4)5)52(9)40(56)27-26-38(55)35-21-16-14-17-22-35)39(62-11)29-41(57)54-28-20-25-37(54)46(63-12)33(7)47(59)50-34(8)45(58)36-23-18-15-19-24-36/h14-19,21-24,26-27,30-34,37,39,42-46,58H,13,20,25,28-29H2,1-12H3,(H,50,59)(H,51,60)/b27-26+/t32-,33+,34+,37?,39+,42-,43?,44-,45+,46+/m0/s1. The van der Waals surface area contributed by atoms with Crippen LogP contribution in [0.4, 0.5) is 0 Å². The maximum atomic E-state index is 14.5. The molecule has 0 bridgehead atoms. The number of aliphatic hydroxyl groups is 1. The number of likely N-dealkylation sites (tertiary alicyclic amines) is 1. The van der Waals surface area contributed by atoms with Crippen LogP contribution in [0.25, 0.3) is 0 Å². The number of aliphatic hydroxyl groups excluding tert-OH is 1. The minimum absolute atomic E-state index is 0.0434. The molecule has 0 aliphatic carbocycles. The van der Waals surface area contributed by atoms with Crippen LogP contribution in [-0.4, -0.2) is 132 Å². The number of ketones is 1. The van der Waals surface area contributed by atoms with Crippen molar-refractivity contribution in [3.63, 3.8) is 0 Å². The van der Waals surface area contributed by atoms with Gasteiger partial charge < -0.3 is 39.9 Å². The lowest BCUT2D eigenvalue weighted by molar-refractivity contribution is -0.148. The average molecular weight is 876 g/mol. The molecule has 1 aliphatic rings. The molecule has 1 heterocycles. The van der Waals surface area contributed by atoms with Gasteiger partial charge in [0.25, 0.3) is 0 Å². The van der Waals surface area contributed by atoms with Crippen LogP contribution in [0.3, 0.4) is 0 Å². The van der Waals surface area contributed by atoms with E-state index in [-0.39, 0.29) is 47.7 Å². The highest BCUT2D eigenvalue weighted by molar-refractivity contribution is 6.08. The Bertz CT molecular complexity index is 1840. The van der Waals surface area contributed by atoms with Gasteiger partial charge in [-0.05, 0) is 49.2 Å². The number of hydrogen-bond donors (Lipinski definition) is 3. The largest absolute Gasteiger partial charge is 0.386 e. The number of carbonyl (C=O) groups excluding carboxylic acids is 6. The van der Waals surface area contributed by atoms with E-state index in [1.807, 2.05) is 45.9 Å². The Morgan fingerprint density at radius 1 is 0.810 bits per heavy atom. The molecule has 3 rings (SSSR count). The number of nitrogens with one attached hydrogen (secondary N) is 2. The van der Waals surface area contributed by atoms with E-state index in [1.54, 1.807) is 87.0 Å². The second-order valence-electron chi connectivity index (χ2n) is 17.7. The molecule has 14 heteroatoms. The fourth-order valence-electron chi connectivity index (χ4n) is 8.68. The molecule has 3 N–H and O–H groups in total. The molecule has 0 saturated carbocycles. The number of likely N-dealkylation sites (N-methyl/N-ethyl adjacent to an activating group) is 2. The van der Waals surface area contributed by atoms with Crippen molar-refractivity contribution >= 4 is 35.3 Å². The van der Waals surface area contributed by atoms with E-state index >= 15 is 0 Å². The number of nitrogens with zero attached hydrogens (tertiary/aromatic N) is 3. The molecule has 14 nitrogen and oxygen atoms in total. The predicted octanol–water partition coefficient (Wildman–Crippen LogP) is 5.21. The topological polar surface area (TPSA) is 175 Å². The van der Waals surface area contributed by atoms with Gasteiger partial charge in [-0.2, -0.15) is 0 Å². The Balaban J connectivity index is 1.77. The van der Waals surface area contributed by atoms with Gasteiger partial charge in [0.1, 0.15) is 12.1 Å². The monoisotopic (exact) mass is 876 g/mol. The molecule has 1 saturated heterocycles. The number of carbonyl (C=O) groups is 6. The number of rotatable bonds is 23. The Hall–Kier alpha value is -4.92. The summed E-state index contributed by atoms with van der Waals surface area (Å²) in [4.78, 5) is 87.0. The third-order valence-electron chi connectivity index (χ3n) is 12.6. The van der Waals surface area contributed by atoms with E-state index in [1.165, 1.54) is 32.2 Å². The second-order valence-corrected chi connectivity index (χ2v) is 17.7. The van der Waals surface area contributed by atoms with Gasteiger partial charge in [0.15, 0.2) is 5.78 Å². The molecule has 0 spiro atoms. The second kappa shape index (κ2) is 24.8. The van der Waals surface area contributed by atoms with E-state index < -0.39 is 66.3 Å². The molecule has 0 radical (unpaired) electrons. The van der Waals surface area contributed by atoms with Crippen molar-refractivity contribution in [3.8, 4) is 0 Å². The highest BCUT2D eigenvalue weighted by atomic mass is 16.5. The number of ether oxygens (including phenoxy) is 2. The van der Waals surface area contributed by atoms with Gasteiger partial charge in [0.2, 0.25) is 29.5 Å². The van der Waals surface area contributed by atoms with Gasteiger partial charge in [0.05, 0.1) is 48.8 Å². The zero-order valence-electron chi connectivity index (χ0n) is 39.4. The first-order chi connectivity index (χ1) is 29.8. The van der Waals surface area contributed by atoms with Gasteiger partial charge in [-0.3, -0.25) is 28.8 Å². The summed E-state index contributed by atoms with van der Waals surface area (Å²) < 4.78 is 12.0. The summed E-state index contributed by atoms with van der Waals surface area (Å²) in [6.45, 7) is 15.2. The van der Waals surface area contributed by atoms with Crippen LogP contribution in [0.1, 0.15) is 103 Å². The fraction of sp³-hybridized carbons (Fsp3) is 0.592. The minimum Gasteiger partial charge on any atom is -0.386 e. The lowest BCUT2D eigenvalue weighted by atomic mass is 9.89. The predicted molar refractivity (Wildman–Crippen MR) is 243 cm³/mol. The highest BCUT2D eigenvalue weighted by Crippen LogP contribution is 2.30. The highest BCUT2D eigenvalue weighted by Gasteiger charge is 2.43. The van der Waals surface area contributed by atoms with E-state index in [2.05, 4.69) is 10.6 Å². The van der Waals surface area contributed by atoms with Crippen molar-refractivity contribution in [2.24, 2.45) is 23.7 Å². The van der Waals surface area contributed by atoms with Crippen LogP contribution in [0.15, 0.2) is 72.8 Å². The first-order valence-corrected chi connectivity index (χ1v) is 22.3. The summed E-state index contributed by atoms with van der Waals surface area (Å²) in [6, 6.07) is 14.2. The van der Waals surface area contributed by atoms with E-state index in [4.69, 9.17) is 9.47 Å². The Labute approximate surface area is 375 Å². The van der Waals surface area contributed by atoms with Crippen LogP contribution >= 0.6 is 0 Å². The van der Waals surface area contributed by atoms with Crippen molar-refractivity contribution in [1.29, 1.82) is 0 Å². The summed E-state index contributed by atoms with van der Waals surface area (Å²) in [5, 5.41) is 16.8. The number of methoxy groups -OCH3 is 2. The zero-order valence-corrected chi connectivity index (χ0v) is 39.4. The maximum absolute atomic E-state index is 14.5. The van der Waals surface area contributed by atoms with Crippen LogP contribution in [0.2, 0.25) is 0 Å². The number of allylic oxidation sites excluding steroid dienone is 1. The third kappa shape index (κ3) is 13.8. The fourth-order valence-corrected chi connectivity index (χ4v) is 8.68. The minimum atomic E-state index is -0.975. The number of amides is 5. The lowest BCUT2D eigenvalue weighted by Gasteiger charge is -2.41. The van der Waals surface area contributed by atoms with E-state index in [9.17, 15) is 33.9 Å². The van der Waals surface area contributed by atoms with Crippen LogP contribution in [0.5, 0.6) is 0 Å². The van der Waals surface area contributed by atoms with Crippen molar-refractivity contribution in [3.05, 3.63) is 83.9 Å². The summed E-state index contributed by atoms with van der Waals surface area (Å²) in [5.41, 5.74) is 1.12. The Kier molecular flexibility index (Phi) is 20.6. The van der Waals surface area contributed by atoms with Gasteiger partial charge >= 0.3 is 0 Å². The molecule has 5 amide bonds. The van der Waals surface area contributed by atoms with Crippen molar-refractivity contribution in [1.82, 2.24) is 25.3 Å². The molecule has 2 unspecified atom stereocenters. The van der Waals surface area contributed by atoms with Crippen molar-refractivity contribution in [2.75, 3.05) is 34.9 Å². The van der Waals surface area contributed by atoms with Gasteiger partial charge in [-0.25, -0.2) is 0 Å². The van der Waals surface area contributed by atoms with E-state index in [0.29, 0.717) is 36.9 Å². The summed E-state index contributed by atoms with van der Waals surface area (Å²) in [5.74, 6) is -3.70. The van der Waals surface area contributed by atoms with Gasteiger partial charge in [-0.15, -0.1) is 0 Å². The maximum Gasteiger partial charge on any atom is 0.247 e. The van der Waals surface area contributed by atoms with Crippen molar-refractivity contribution < 1.29 is 43.3 Å². The van der Waals surface area contributed by atoms with Crippen LogP contribution in [0, 0.1) is 23.7 Å². The lowest BCUT2D eigenvalue weighted by Crippen LogP contribution is -2.60. The zero-order chi connectivity index (χ0) is 47.1.